The first-order chi connectivity index (χ1) is 8.99. The molecule has 0 aromatic heterocycles. The molecule has 1 N–H and O–H groups in total. The Morgan fingerprint density at radius 1 is 1.47 bits per heavy atom. The third-order valence-corrected chi connectivity index (χ3v) is 4.34. The molecule has 0 heterocycles. The molecule has 1 saturated carbocycles. The molecule has 1 aliphatic rings. The van der Waals surface area contributed by atoms with E-state index in [2.05, 4.69) is 0 Å². The molecule has 0 spiro atoms. The zero-order valence-corrected chi connectivity index (χ0v) is 12.3. The van der Waals surface area contributed by atoms with E-state index in [4.69, 9.17) is 28.3 Å². The van der Waals surface area contributed by atoms with Gasteiger partial charge in [-0.1, -0.05) is 35.3 Å². The van der Waals surface area contributed by atoms with Crippen molar-refractivity contribution >= 4 is 29.2 Å². The van der Waals surface area contributed by atoms with Crippen LogP contribution in [-0.2, 0) is 4.79 Å². The Bertz CT molecular complexity index is 475. The lowest BCUT2D eigenvalue weighted by Crippen LogP contribution is -2.34. The fourth-order valence-electron chi connectivity index (χ4n) is 2.21. The highest BCUT2D eigenvalue weighted by molar-refractivity contribution is 6.42. The zero-order valence-electron chi connectivity index (χ0n) is 10.8. The number of halogens is 2. The molecule has 2 rings (SSSR count). The summed E-state index contributed by atoms with van der Waals surface area (Å²) in [5.74, 6) is -0.189. The minimum Gasteiger partial charge on any atom is -0.480 e. The predicted octanol–water partition coefficient (Wildman–Crippen LogP) is 3.85. The van der Waals surface area contributed by atoms with E-state index in [1.54, 1.807) is 6.07 Å². The van der Waals surface area contributed by atoms with Crippen molar-refractivity contribution in [3.05, 3.63) is 33.8 Å². The summed E-state index contributed by atoms with van der Waals surface area (Å²) in [6.07, 6.45) is 2.37. The van der Waals surface area contributed by atoms with Crippen molar-refractivity contribution in [2.75, 3.05) is 13.1 Å². The average Bonchev–Trinajstić information content (AvgIpc) is 3.14. The number of carboxylic acid groups (broad SMARTS) is 1. The van der Waals surface area contributed by atoms with Gasteiger partial charge < -0.3 is 5.11 Å². The summed E-state index contributed by atoms with van der Waals surface area (Å²) in [6.45, 7) is 2.81. The predicted molar refractivity (Wildman–Crippen MR) is 76.8 cm³/mol. The van der Waals surface area contributed by atoms with Gasteiger partial charge in [0.2, 0.25) is 0 Å². The average molecular weight is 302 g/mol. The number of carbonyl (C=O) groups is 1. The lowest BCUT2D eigenvalue weighted by molar-refractivity contribution is -0.139. The van der Waals surface area contributed by atoms with Crippen molar-refractivity contribution in [1.29, 1.82) is 0 Å². The van der Waals surface area contributed by atoms with Crippen molar-refractivity contribution in [3.8, 4) is 0 Å². The Kier molecular flexibility index (Phi) is 4.71. The molecule has 0 saturated heterocycles. The molecule has 1 aliphatic carbocycles. The molecule has 1 atom stereocenters. The van der Waals surface area contributed by atoms with Crippen LogP contribution in [0.15, 0.2) is 18.2 Å². The summed E-state index contributed by atoms with van der Waals surface area (Å²) in [5, 5.41) is 10.1. The monoisotopic (exact) mass is 301 g/mol. The molecule has 104 valence electrons. The molecule has 1 aromatic carbocycles. The van der Waals surface area contributed by atoms with Crippen molar-refractivity contribution in [3.63, 3.8) is 0 Å². The molecular formula is C14H17Cl2NO2. The minimum atomic E-state index is -0.814. The van der Waals surface area contributed by atoms with E-state index < -0.39 is 5.97 Å². The lowest BCUT2D eigenvalue weighted by Gasteiger charge is -2.28. The van der Waals surface area contributed by atoms with Crippen LogP contribution in [0.1, 0.15) is 31.4 Å². The van der Waals surface area contributed by atoms with Gasteiger partial charge in [0, 0.05) is 12.6 Å². The van der Waals surface area contributed by atoms with E-state index in [1.165, 1.54) is 12.8 Å². The van der Waals surface area contributed by atoms with Gasteiger partial charge in [-0.3, -0.25) is 9.69 Å². The lowest BCUT2D eigenvalue weighted by atomic mass is 10.1. The summed E-state index contributed by atoms with van der Waals surface area (Å²) in [7, 11) is 0. The molecule has 0 radical (unpaired) electrons. The molecule has 0 amide bonds. The summed E-state index contributed by atoms with van der Waals surface area (Å²) in [6, 6.07) is 5.43. The van der Waals surface area contributed by atoms with Gasteiger partial charge in [0.15, 0.2) is 0 Å². The van der Waals surface area contributed by atoms with Gasteiger partial charge in [0.1, 0.15) is 0 Å². The Morgan fingerprint density at radius 3 is 2.74 bits per heavy atom. The van der Waals surface area contributed by atoms with E-state index in [1.807, 2.05) is 24.0 Å². The smallest absolute Gasteiger partial charge is 0.317 e. The fraction of sp³-hybridized carbons (Fsp3) is 0.500. The van der Waals surface area contributed by atoms with Crippen LogP contribution in [0.5, 0.6) is 0 Å². The van der Waals surface area contributed by atoms with Gasteiger partial charge in [0.05, 0.1) is 16.6 Å². The Labute approximate surface area is 123 Å². The summed E-state index contributed by atoms with van der Waals surface area (Å²) in [4.78, 5) is 13.0. The summed E-state index contributed by atoms with van der Waals surface area (Å²) < 4.78 is 0. The third kappa shape index (κ3) is 3.85. The highest BCUT2D eigenvalue weighted by Gasteiger charge is 2.29. The minimum absolute atomic E-state index is 0.0283. The number of rotatable bonds is 6. The second kappa shape index (κ2) is 6.12. The van der Waals surface area contributed by atoms with Crippen molar-refractivity contribution < 1.29 is 9.90 Å². The number of hydrogen-bond donors (Lipinski definition) is 1. The highest BCUT2D eigenvalue weighted by Crippen LogP contribution is 2.36. The van der Waals surface area contributed by atoms with Gasteiger partial charge in [-0.15, -0.1) is 0 Å². The van der Waals surface area contributed by atoms with Crippen LogP contribution in [0.2, 0.25) is 10.0 Å². The van der Waals surface area contributed by atoms with Gasteiger partial charge >= 0.3 is 5.97 Å². The second-order valence-electron chi connectivity index (χ2n) is 5.09. The number of nitrogens with zero attached hydrogens (tertiary/aromatic N) is 1. The van der Waals surface area contributed by atoms with Crippen LogP contribution in [0.25, 0.3) is 0 Å². The number of benzene rings is 1. The quantitative estimate of drug-likeness (QED) is 0.867. The topological polar surface area (TPSA) is 40.5 Å². The number of hydrogen-bond acceptors (Lipinski definition) is 2. The molecule has 1 fully saturated rings. The first-order valence-electron chi connectivity index (χ1n) is 6.38. The first kappa shape index (κ1) is 14.6. The molecule has 1 unspecified atom stereocenters. The molecule has 3 nitrogen and oxygen atoms in total. The van der Waals surface area contributed by atoms with E-state index in [0.717, 1.165) is 12.1 Å². The summed E-state index contributed by atoms with van der Waals surface area (Å²) in [5.41, 5.74) is 0.885. The fourth-order valence-corrected chi connectivity index (χ4v) is 2.67. The molecule has 1 aromatic rings. The van der Waals surface area contributed by atoms with Crippen LogP contribution in [0.3, 0.4) is 0 Å². The molecule has 19 heavy (non-hydrogen) atoms. The van der Waals surface area contributed by atoms with Crippen LogP contribution < -0.4 is 0 Å². The highest BCUT2D eigenvalue weighted by atomic mass is 35.5. The second-order valence-corrected chi connectivity index (χ2v) is 5.87. The third-order valence-electron chi connectivity index (χ3n) is 3.51. The van der Waals surface area contributed by atoms with E-state index in [0.29, 0.717) is 16.0 Å². The van der Waals surface area contributed by atoms with Gasteiger partial charge in [-0.05, 0) is 37.3 Å². The standard InChI is InChI=1S/C14H17Cl2NO2/c1-9(11-3-2-4-12(15)14(11)16)17(8-13(18)19)7-10-5-6-10/h2-4,9-10H,5-8H2,1H3,(H,18,19). The normalized spacial score (nSPS) is 16.6. The molecule has 0 bridgehead atoms. The maximum Gasteiger partial charge on any atom is 0.317 e. The van der Waals surface area contributed by atoms with Crippen molar-refractivity contribution in [2.45, 2.75) is 25.8 Å². The number of carboxylic acids is 1. The van der Waals surface area contributed by atoms with Gasteiger partial charge in [0.25, 0.3) is 0 Å². The molecule has 5 heteroatoms. The van der Waals surface area contributed by atoms with Gasteiger partial charge in [-0.25, -0.2) is 0 Å². The van der Waals surface area contributed by atoms with Crippen LogP contribution in [0.4, 0.5) is 0 Å². The largest absolute Gasteiger partial charge is 0.480 e. The molecular weight excluding hydrogens is 285 g/mol. The zero-order chi connectivity index (χ0) is 14.0. The van der Waals surface area contributed by atoms with E-state index in [9.17, 15) is 4.79 Å². The Balaban J connectivity index is 2.18. The van der Waals surface area contributed by atoms with Crippen LogP contribution in [-0.4, -0.2) is 29.1 Å². The molecule has 0 aliphatic heterocycles. The maximum absolute atomic E-state index is 11.0. The van der Waals surface area contributed by atoms with Crippen LogP contribution >= 0.6 is 23.2 Å². The first-order valence-corrected chi connectivity index (χ1v) is 7.14. The van der Waals surface area contributed by atoms with Crippen LogP contribution in [0, 0.1) is 5.92 Å². The Hall–Kier alpha value is -0.770. The van der Waals surface area contributed by atoms with E-state index >= 15 is 0 Å². The number of aliphatic carboxylic acids is 1. The SMILES string of the molecule is CC(c1cccc(Cl)c1Cl)N(CC(=O)O)CC1CC1. The van der Waals surface area contributed by atoms with Crippen molar-refractivity contribution in [1.82, 2.24) is 4.90 Å². The summed E-state index contributed by atoms with van der Waals surface area (Å²) >= 11 is 12.2. The Morgan fingerprint density at radius 2 is 2.16 bits per heavy atom. The van der Waals surface area contributed by atoms with E-state index in [-0.39, 0.29) is 12.6 Å². The van der Waals surface area contributed by atoms with Gasteiger partial charge in [-0.2, -0.15) is 0 Å². The van der Waals surface area contributed by atoms with Crippen molar-refractivity contribution in [2.24, 2.45) is 5.92 Å². The maximum atomic E-state index is 11.0.